The van der Waals surface area contributed by atoms with Crippen molar-refractivity contribution in [1.29, 1.82) is 0 Å². The molecule has 2 saturated heterocycles. The predicted octanol–water partition coefficient (Wildman–Crippen LogP) is 6.44. The Morgan fingerprint density at radius 1 is 0.938 bits per heavy atom. The fourth-order valence-electron chi connectivity index (χ4n) is 6.92. The highest BCUT2D eigenvalue weighted by Gasteiger charge is 2.27. The number of nitrogens with zero attached hydrogens (tertiary/aromatic N) is 2. The van der Waals surface area contributed by atoms with Crippen molar-refractivity contribution >= 4 is 35.1 Å². The SMILES string of the molecule is COc1nc(-c2cccc(-c3ccnc(-c4ccc5c(c4)CCC[C@H]5NC[C@@H]4CCC(=O)N4)c3Cl)c2Cl)ccc1CN[C@@H]1CCOC1=O. The number of hydrogen-bond acceptors (Lipinski definition) is 8. The lowest BCUT2D eigenvalue weighted by molar-refractivity contribution is -0.139. The van der Waals surface area contributed by atoms with Gasteiger partial charge >= 0.3 is 5.97 Å². The maximum Gasteiger partial charge on any atom is 0.323 e. The van der Waals surface area contributed by atoms with E-state index in [1.54, 1.807) is 13.3 Å². The second-order valence-electron chi connectivity index (χ2n) is 12.5. The number of carbonyl (C=O) groups is 2. The highest BCUT2D eigenvalue weighted by molar-refractivity contribution is 6.39. The van der Waals surface area contributed by atoms with Crippen molar-refractivity contribution in [3.8, 4) is 39.5 Å². The highest BCUT2D eigenvalue weighted by Crippen LogP contribution is 2.42. The van der Waals surface area contributed by atoms with E-state index in [0.29, 0.717) is 53.3 Å². The largest absolute Gasteiger partial charge is 0.481 e. The molecule has 2 aromatic carbocycles. The molecule has 1 amide bonds. The zero-order chi connectivity index (χ0) is 33.2. The van der Waals surface area contributed by atoms with Gasteiger partial charge in [0, 0.05) is 72.0 Å². The van der Waals surface area contributed by atoms with Gasteiger partial charge in [-0.2, -0.15) is 0 Å². The summed E-state index contributed by atoms with van der Waals surface area (Å²) in [5, 5.41) is 11.0. The Labute approximate surface area is 289 Å². The number of hydrogen-bond donors (Lipinski definition) is 3. The van der Waals surface area contributed by atoms with Crippen LogP contribution < -0.4 is 20.7 Å². The van der Waals surface area contributed by atoms with Crippen LogP contribution in [-0.4, -0.2) is 54.2 Å². The molecule has 1 aliphatic carbocycles. The van der Waals surface area contributed by atoms with E-state index < -0.39 is 0 Å². The summed E-state index contributed by atoms with van der Waals surface area (Å²) in [7, 11) is 1.57. The Bertz CT molecular complexity index is 1870. The van der Waals surface area contributed by atoms with Gasteiger partial charge in [0.1, 0.15) is 6.04 Å². The quantitative estimate of drug-likeness (QED) is 0.163. The van der Waals surface area contributed by atoms with Crippen LogP contribution >= 0.6 is 23.2 Å². The molecule has 4 aromatic rings. The van der Waals surface area contributed by atoms with Crippen LogP contribution in [0.4, 0.5) is 0 Å². The predicted molar refractivity (Wildman–Crippen MR) is 186 cm³/mol. The molecule has 0 saturated carbocycles. The minimum Gasteiger partial charge on any atom is -0.481 e. The van der Waals surface area contributed by atoms with E-state index in [9.17, 15) is 9.59 Å². The molecule has 0 spiro atoms. The Kier molecular flexibility index (Phi) is 9.64. The summed E-state index contributed by atoms with van der Waals surface area (Å²) in [6.07, 6.45) is 7.04. The molecule has 7 rings (SSSR count). The fourth-order valence-corrected chi connectivity index (χ4v) is 7.57. The first-order valence-corrected chi connectivity index (χ1v) is 17.2. The minimum absolute atomic E-state index is 0.139. The van der Waals surface area contributed by atoms with Crippen molar-refractivity contribution in [2.45, 2.75) is 63.2 Å². The zero-order valence-corrected chi connectivity index (χ0v) is 28.2. The average molecular weight is 687 g/mol. The normalized spacial score (nSPS) is 20.4. The van der Waals surface area contributed by atoms with E-state index in [0.717, 1.165) is 60.0 Å². The van der Waals surface area contributed by atoms with Gasteiger partial charge in [-0.15, -0.1) is 0 Å². The molecular formula is C37H37Cl2N5O4. The summed E-state index contributed by atoms with van der Waals surface area (Å²) in [6, 6.07) is 18.1. The lowest BCUT2D eigenvalue weighted by Gasteiger charge is -2.28. The van der Waals surface area contributed by atoms with Crippen LogP contribution in [0, 0.1) is 0 Å². The molecule has 11 heteroatoms. The summed E-state index contributed by atoms with van der Waals surface area (Å²) in [5.41, 5.74) is 8.01. The maximum atomic E-state index is 11.9. The van der Waals surface area contributed by atoms with Gasteiger partial charge in [-0.25, -0.2) is 4.98 Å². The summed E-state index contributed by atoms with van der Waals surface area (Å²) >= 11 is 14.2. The van der Waals surface area contributed by atoms with Crippen molar-refractivity contribution in [2.75, 3.05) is 20.3 Å². The van der Waals surface area contributed by atoms with Gasteiger partial charge in [0.05, 0.1) is 35.1 Å². The molecule has 2 aromatic heterocycles. The molecule has 248 valence electrons. The van der Waals surface area contributed by atoms with E-state index in [2.05, 4.69) is 34.1 Å². The molecule has 4 heterocycles. The summed E-state index contributed by atoms with van der Waals surface area (Å²) in [4.78, 5) is 33.0. The molecule has 3 N–H and O–H groups in total. The first-order valence-electron chi connectivity index (χ1n) is 16.4. The van der Waals surface area contributed by atoms with Crippen molar-refractivity contribution in [3.05, 3.63) is 87.5 Å². The second-order valence-corrected chi connectivity index (χ2v) is 13.3. The van der Waals surface area contributed by atoms with Gasteiger partial charge < -0.3 is 20.1 Å². The number of nitrogens with one attached hydrogen (secondary N) is 3. The van der Waals surface area contributed by atoms with E-state index in [-0.39, 0.29) is 30.0 Å². The Morgan fingerprint density at radius 2 is 1.79 bits per heavy atom. The first kappa shape index (κ1) is 32.5. The molecule has 0 bridgehead atoms. The van der Waals surface area contributed by atoms with Crippen LogP contribution in [0.1, 0.15) is 54.8 Å². The number of cyclic esters (lactones) is 1. The average Bonchev–Trinajstić information content (AvgIpc) is 3.73. The highest BCUT2D eigenvalue weighted by atomic mass is 35.5. The molecule has 48 heavy (non-hydrogen) atoms. The molecule has 2 aliphatic heterocycles. The topological polar surface area (TPSA) is 114 Å². The monoisotopic (exact) mass is 685 g/mol. The number of amides is 1. The molecule has 2 fully saturated rings. The Hall–Kier alpha value is -4.02. The van der Waals surface area contributed by atoms with E-state index in [4.69, 9.17) is 42.6 Å². The van der Waals surface area contributed by atoms with Crippen LogP contribution in [-0.2, 0) is 27.3 Å². The molecule has 9 nitrogen and oxygen atoms in total. The minimum atomic E-state index is -0.330. The summed E-state index contributed by atoms with van der Waals surface area (Å²) in [5.74, 6) is 0.355. The lowest BCUT2D eigenvalue weighted by Crippen LogP contribution is -2.38. The molecule has 3 atom stereocenters. The fraction of sp³-hybridized carbons (Fsp3) is 0.351. The number of esters is 1. The number of fused-ring (bicyclic) bond motifs is 1. The van der Waals surface area contributed by atoms with Crippen molar-refractivity contribution in [2.24, 2.45) is 0 Å². The van der Waals surface area contributed by atoms with Gasteiger partial charge in [-0.1, -0.05) is 59.6 Å². The van der Waals surface area contributed by atoms with Gasteiger partial charge in [0.2, 0.25) is 11.8 Å². The Morgan fingerprint density at radius 3 is 2.58 bits per heavy atom. The first-order chi connectivity index (χ1) is 23.4. The molecular weight excluding hydrogens is 649 g/mol. The third-order valence-corrected chi connectivity index (χ3v) is 10.3. The van der Waals surface area contributed by atoms with E-state index >= 15 is 0 Å². The number of halogens is 2. The number of carbonyl (C=O) groups excluding carboxylic acids is 2. The standard InChI is InChI=1S/C37H37Cl2N5O4/c1-47-36-23(19-41-31-15-17-48-37(31)46)9-12-30(44-36)28-6-3-5-26(33(28)38)27-14-16-40-35(34(27)39)22-8-11-25-21(18-22)4-2-7-29(25)42-20-24-10-13-32(45)43-24/h3,5-6,8-9,11-12,14,16,18,24,29,31,41-42H,2,4,7,10,13,15,17,19-20H2,1H3,(H,43,45)/t24-,29+,31+/m0/s1. The number of benzene rings is 2. The van der Waals surface area contributed by atoms with Crippen LogP contribution in [0.25, 0.3) is 33.6 Å². The summed E-state index contributed by atoms with van der Waals surface area (Å²) in [6.45, 7) is 1.62. The Balaban J connectivity index is 1.13. The van der Waals surface area contributed by atoms with Crippen LogP contribution in [0.3, 0.4) is 0 Å². The smallest absolute Gasteiger partial charge is 0.323 e. The van der Waals surface area contributed by atoms with Gasteiger partial charge in [0.25, 0.3) is 0 Å². The number of rotatable bonds is 10. The lowest BCUT2D eigenvalue weighted by atomic mass is 9.86. The van der Waals surface area contributed by atoms with Crippen molar-refractivity contribution in [3.63, 3.8) is 0 Å². The van der Waals surface area contributed by atoms with Gasteiger partial charge in [-0.05, 0) is 55.0 Å². The van der Waals surface area contributed by atoms with E-state index in [1.165, 1.54) is 11.1 Å². The number of pyridine rings is 2. The van der Waals surface area contributed by atoms with Crippen LogP contribution in [0.2, 0.25) is 10.0 Å². The van der Waals surface area contributed by atoms with Crippen LogP contribution in [0.15, 0.2) is 60.8 Å². The number of ether oxygens (including phenoxy) is 2. The van der Waals surface area contributed by atoms with E-state index in [1.807, 2.05) is 36.4 Å². The van der Waals surface area contributed by atoms with Crippen molar-refractivity contribution < 1.29 is 19.1 Å². The second kappa shape index (κ2) is 14.2. The molecule has 0 unspecified atom stereocenters. The number of methoxy groups -OCH3 is 1. The van der Waals surface area contributed by atoms with Crippen LogP contribution in [0.5, 0.6) is 5.88 Å². The third-order valence-electron chi connectivity index (χ3n) is 9.49. The number of aryl methyl sites for hydroxylation is 1. The summed E-state index contributed by atoms with van der Waals surface area (Å²) < 4.78 is 10.7. The number of aromatic nitrogens is 2. The molecule has 3 aliphatic rings. The molecule has 0 radical (unpaired) electrons. The third kappa shape index (κ3) is 6.65. The zero-order valence-electron chi connectivity index (χ0n) is 26.7. The van der Waals surface area contributed by atoms with Gasteiger partial charge in [0.15, 0.2) is 0 Å². The maximum absolute atomic E-state index is 11.9. The van der Waals surface area contributed by atoms with Gasteiger partial charge in [-0.3, -0.25) is 19.9 Å². The van der Waals surface area contributed by atoms with Crippen molar-refractivity contribution in [1.82, 2.24) is 25.9 Å².